The molecule has 0 saturated heterocycles. The van der Waals surface area contributed by atoms with E-state index in [0.717, 1.165) is 40.7 Å². The minimum atomic E-state index is 0.735. The van der Waals surface area contributed by atoms with E-state index in [4.69, 9.17) is 9.72 Å². The van der Waals surface area contributed by atoms with Crippen LogP contribution in [0.3, 0.4) is 0 Å². The smallest absolute Gasteiger partial charge is 0.139 e. The Morgan fingerprint density at radius 2 is 1.71 bits per heavy atom. The van der Waals surface area contributed by atoms with Crippen LogP contribution in [0.15, 0.2) is 72.8 Å². The highest BCUT2D eigenvalue weighted by Gasteiger charge is 2.11. The van der Waals surface area contributed by atoms with Crippen LogP contribution in [0, 0.1) is 6.92 Å². The maximum atomic E-state index is 5.45. The van der Waals surface area contributed by atoms with Gasteiger partial charge in [-0.15, -0.1) is 0 Å². The average Bonchev–Trinajstić information content (AvgIpc) is 3.10. The van der Waals surface area contributed by atoms with E-state index in [1.165, 1.54) is 5.56 Å². The van der Waals surface area contributed by atoms with Crippen LogP contribution in [0.4, 0.5) is 5.82 Å². The van der Waals surface area contributed by atoms with Gasteiger partial charge >= 0.3 is 0 Å². The molecule has 0 fully saturated rings. The largest absolute Gasteiger partial charge is 0.496 e. The second-order valence-corrected chi connectivity index (χ2v) is 6.62. The monoisotopic (exact) mass is 369 g/mol. The number of aromatic nitrogens is 2. The number of rotatable bonds is 6. The van der Waals surface area contributed by atoms with Crippen molar-refractivity contribution in [1.29, 1.82) is 0 Å². The normalized spacial score (nSPS) is 11.2. The van der Waals surface area contributed by atoms with Crippen molar-refractivity contribution in [2.24, 2.45) is 0 Å². The number of anilines is 1. The van der Waals surface area contributed by atoms with Crippen LogP contribution >= 0.6 is 0 Å². The number of pyridine rings is 1. The highest BCUT2D eigenvalue weighted by molar-refractivity contribution is 5.77. The lowest BCUT2D eigenvalue weighted by atomic mass is 10.1. The summed E-state index contributed by atoms with van der Waals surface area (Å²) in [7, 11) is 1.69. The lowest BCUT2D eigenvalue weighted by molar-refractivity contribution is 0.414. The molecule has 0 atom stereocenters. The molecule has 0 spiro atoms. The summed E-state index contributed by atoms with van der Waals surface area (Å²) in [6.07, 6.45) is 4.08. The number of hydrogen-bond donors (Lipinski definition) is 1. The number of methoxy groups -OCH3 is 1. The second-order valence-electron chi connectivity index (χ2n) is 6.62. The van der Waals surface area contributed by atoms with Crippen molar-refractivity contribution < 1.29 is 4.74 Å². The summed E-state index contributed by atoms with van der Waals surface area (Å²) in [5.41, 5.74) is 5.21. The predicted molar refractivity (Wildman–Crippen MR) is 116 cm³/mol. The van der Waals surface area contributed by atoms with Crippen LogP contribution < -0.4 is 10.1 Å². The van der Waals surface area contributed by atoms with Crippen molar-refractivity contribution in [2.75, 3.05) is 12.4 Å². The van der Waals surface area contributed by atoms with Crippen molar-refractivity contribution in [1.82, 2.24) is 9.38 Å². The van der Waals surface area contributed by atoms with Gasteiger partial charge in [0.05, 0.1) is 7.11 Å². The molecule has 4 nitrogen and oxygen atoms in total. The molecule has 0 amide bonds. The van der Waals surface area contributed by atoms with Crippen molar-refractivity contribution in [3.8, 4) is 5.75 Å². The van der Waals surface area contributed by atoms with E-state index in [-0.39, 0.29) is 0 Å². The Hall–Kier alpha value is -3.53. The summed E-state index contributed by atoms with van der Waals surface area (Å²) < 4.78 is 7.61. The van der Waals surface area contributed by atoms with Gasteiger partial charge in [-0.3, -0.25) is 4.40 Å². The zero-order chi connectivity index (χ0) is 19.3. The first kappa shape index (κ1) is 17.9. The molecule has 0 aliphatic heterocycles. The zero-order valence-electron chi connectivity index (χ0n) is 16.1. The molecule has 2 aromatic carbocycles. The van der Waals surface area contributed by atoms with Crippen LogP contribution in [0.25, 0.3) is 17.8 Å². The highest BCUT2D eigenvalue weighted by atomic mass is 16.5. The summed E-state index contributed by atoms with van der Waals surface area (Å²) in [5.74, 6) is 1.83. The van der Waals surface area contributed by atoms with Gasteiger partial charge in [0.25, 0.3) is 0 Å². The van der Waals surface area contributed by atoms with E-state index < -0.39 is 0 Å². The summed E-state index contributed by atoms with van der Waals surface area (Å²) in [6.45, 7) is 2.83. The van der Waals surface area contributed by atoms with Gasteiger partial charge in [-0.2, -0.15) is 0 Å². The third-order valence-corrected chi connectivity index (χ3v) is 4.73. The van der Waals surface area contributed by atoms with Crippen molar-refractivity contribution in [3.05, 3.63) is 95.3 Å². The third-order valence-electron chi connectivity index (χ3n) is 4.73. The van der Waals surface area contributed by atoms with Gasteiger partial charge in [-0.05, 0) is 42.8 Å². The predicted octanol–water partition coefficient (Wildman–Crippen LogP) is 5.43. The Labute approximate surface area is 165 Å². The molecule has 0 saturated carbocycles. The fourth-order valence-electron chi connectivity index (χ4n) is 3.31. The van der Waals surface area contributed by atoms with Crippen LogP contribution in [-0.4, -0.2) is 16.5 Å². The molecular formula is C24H23N3O. The molecular weight excluding hydrogens is 346 g/mol. The second kappa shape index (κ2) is 8.01. The summed E-state index contributed by atoms with van der Waals surface area (Å²) in [5, 5.41) is 3.58. The van der Waals surface area contributed by atoms with E-state index in [2.05, 4.69) is 47.0 Å². The van der Waals surface area contributed by atoms with E-state index in [0.29, 0.717) is 0 Å². The summed E-state index contributed by atoms with van der Waals surface area (Å²) in [6, 6.07) is 24.5. The molecule has 2 aromatic heterocycles. The Morgan fingerprint density at radius 1 is 0.929 bits per heavy atom. The standard InChI is InChI=1S/C24H23N3O/c1-18-9-8-14-23-26-21(16-15-20-12-6-7-13-22(20)28-2)24(27(18)23)25-17-19-10-4-3-5-11-19/h3-16,25H,17H2,1-2H3. The quantitative estimate of drug-likeness (QED) is 0.492. The summed E-state index contributed by atoms with van der Waals surface area (Å²) in [4.78, 5) is 4.83. The maximum absolute atomic E-state index is 5.45. The topological polar surface area (TPSA) is 38.6 Å². The number of benzene rings is 2. The van der Waals surface area contributed by atoms with Gasteiger partial charge in [0, 0.05) is 17.8 Å². The molecule has 0 aliphatic rings. The number of fused-ring (bicyclic) bond motifs is 1. The number of nitrogens with zero attached hydrogens (tertiary/aromatic N) is 2. The van der Waals surface area contributed by atoms with E-state index >= 15 is 0 Å². The van der Waals surface area contributed by atoms with Crippen molar-refractivity contribution in [3.63, 3.8) is 0 Å². The summed E-state index contributed by atoms with van der Waals surface area (Å²) >= 11 is 0. The molecule has 0 radical (unpaired) electrons. The first-order valence-corrected chi connectivity index (χ1v) is 9.33. The highest BCUT2D eigenvalue weighted by Crippen LogP contribution is 2.25. The SMILES string of the molecule is COc1ccccc1C=Cc1nc2cccc(C)n2c1NCc1ccccc1. The molecule has 4 heteroatoms. The fraction of sp³-hybridized carbons (Fsp3) is 0.125. The number of aryl methyl sites for hydroxylation is 1. The van der Waals surface area contributed by atoms with Gasteiger partial charge in [0.15, 0.2) is 0 Å². The third kappa shape index (κ3) is 3.62. The van der Waals surface area contributed by atoms with E-state index in [9.17, 15) is 0 Å². The number of ether oxygens (including phenoxy) is 1. The first-order valence-electron chi connectivity index (χ1n) is 9.33. The lowest BCUT2D eigenvalue weighted by Gasteiger charge is -2.10. The molecule has 2 heterocycles. The molecule has 0 aliphatic carbocycles. The first-order chi connectivity index (χ1) is 13.8. The lowest BCUT2D eigenvalue weighted by Crippen LogP contribution is -2.04. The molecule has 1 N–H and O–H groups in total. The zero-order valence-corrected chi connectivity index (χ0v) is 16.1. The number of hydrogen-bond acceptors (Lipinski definition) is 3. The van der Waals surface area contributed by atoms with Crippen LogP contribution in [0.2, 0.25) is 0 Å². The van der Waals surface area contributed by atoms with Gasteiger partial charge in [-0.1, -0.05) is 54.6 Å². The molecule has 0 bridgehead atoms. The minimum Gasteiger partial charge on any atom is -0.496 e. The molecule has 4 rings (SSSR count). The number of para-hydroxylation sites is 1. The number of imidazole rings is 1. The Morgan fingerprint density at radius 3 is 2.54 bits per heavy atom. The van der Waals surface area contributed by atoms with Gasteiger partial charge < -0.3 is 10.1 Å². The minimum absolute atomic E-state index is 0.735. The van der Waals surface area contributed by atoms with Crippen LogP contribution in [0.1, 0.15) is 22.5 Å². The molecule has 4 aromatic rings. The fourth-order valence-corrected chi connectivity index (χ4v) is 3.31. The number of nitrogens with one attached hydrogen (secondary N) is 1. The maximum Gasteiger partial charge on any atom is 0.139 e. The van der Waals surface area contributed by atoms with Crippen LogP contribution in [-0.2, 0) is 6.54 Å². The van der Waals surface area contributed by atoms with Crippen LogP contribution in [0.5, 0.6) is 5.75 Å². The van der Waals surface area contributed by atoms with E-state index in [1.54, 1.807) is 7.11 Å². The average molecular weight is 369 g/mol. The van der Waals surface area contributed by atoms with Crippen molar-refractivity contribution >= 4 is 23.6 Å². The Bertz CT molecular complexity index is 1110. The molecule has 28 heavy (non-hydrogen) atoms. The van der Waals surface area contributed by atoms with Gasteiger partial charge in [0.2, 0.25) is 0 Å². The van der Waals surface area contributed by atoms with Crippen molar-refractivity contribution in [2.45, 2.75) is 13.5 Å². The van der Waals surface area contributed by atoms with Gasteiger partial charge in [-0.25, -0.2) is 4.98 Å². The Balaban J connectivity index is 1.73. The van der Waals surface area contributed by atoms with E-state index in [1.807, 2.05) is 54.6 Å². The van der Waals surface area contributed by atoms with Gasteiger partial charge in [0.1, 0.15) is 22.9 Å². The Kier molecular flexibility index (Phi) is 5.11. The molecule has 0 unspecified atom stereocenters. The molecule has 140 valence electrons.